The van der Waals surface area contributed by atoms with Gasteiger partial charge in [-0.05, 0) is 43.5 Å². The molecule has 0 bridgehead atoms. The van der Waals surface area contributed by atoms with E-state index in [1.807, 2.05) is 7.05 Å². The maximum absolute atomic E-state index is 13.0. The maximum Gasteiger partial charge on any atom is 0.124 e. The SMILES string of the molecule is CCCC(C)CC(Cc1ccc(F)cc1Cl)NC. The number of likely N-dealkylation sites (N-methyl/N-ethyl adjacent to an activating group) is 1. The van der Waals surface area contributed by atoms with Crippen molar-refractivity contribution in [3.8, 4) is 0 Å². The monoisotopic (exact) mass is 271 g/mol. The van der Waals surface area contributed by atoms with E-state index in [9.17, 15) is 4.39 Å². The first-order valence-corrected chi connectivity index (χ1v) is 7.05. The third-order valence-corrected chi connectivity index (χ3v) is 3.71. The highest BCUT2D eigenvalue weighted by Gasteiger charge is 2.13. The minimum Gasteiger partial charge on any atom is -0.317 e. The summed E-state index contributed by atoms with van der Waals surface area (Å²) in [4.78, 5) is 0. The van der Waals surface area contributed by atoms with E-state index in [0.717, 1.165) is 18.4 Å². The zero-order valence-electron chi connectivity index (χ0n) is 11.5. The normalized spacial score (nSPS) is 14.5. The van der Waals surface area contributed by atoms with Gasteiger partial charge in [0, 0.05) is 11.1 Å². The van der Waals surface area contributed by atoms with Crippen molar-refractivity contribution in [3.05, 3.63) is 34.6 Å². The largest absolute Gasteiger partial charge is 0.317 e. The summed E-state index contributed by atoms with van der Waals surface area (Å²) in [7, 11) is 1.97. The van der Waals surface area contributed by atoms with Gasteiger partial charge >= 0.3 is 0 Å². The number of hydrogen-bond acceptors (Lipinski definition) is 1. The molecule has 0 aliphatic carbocycles. The van der Waals surface area contributed by atoms with Crippen molar-refractivity contribution < 1.29 is 4.39 Å². The van der Waals surface area contributed by atoms with Crippen molar-refractivity contribution in [3.63, 3.8) is 0 Å². The smallest absolute Gasteiger partial charge is 0.124 e. The Hall–Kier alpha value is -0.600. The Morgan fingerprint density at radius 2 is 2.11 bits per heavy atom. The van der Waals surface area contributed by atoms with Crippen molar-refractivity contribution in [2.75, 3.05) is 7.05 Å². The fourth-order valence-corrected chi connectivity index (χ4v) is 2.60. The first kappa shape index (κ1) is 15.5. The first-order valence-electron chi connectivity index (χ1n) is 6.68. The average molecular weight is 272 g/mol. The van der Waals surface area contributed by atoms with Crippen LogP contribution in [0.3, 0.4) is 0 Å². The van der Waals surface area contributed by atoms with Crippen LogP contribution in [0, 0.1) is 11.7 Å². The van der Waals surface area contributed by atoms with Crippen molar-refractivity contribution in [1.29, 1.82) is 0 Å². The van der Waals surface area contributed by atoms with E-state index in [-0.39, 0.29) is 5.82 Å². The van der Waals surface area contributed by atoms with Gasteiger partial charge in [-0.1, -0.05) is 44.4 Å². The van der Waals surface area contributed by atoms with Gasteiger partial charge in [0.25, 0.3) is 0 Å². The molecule has 0 aromatic heterocycles. The molecular weight excluding hydrogens is 249 g/mol. The minimum absolute atomic E-state index is 0.274. The van der Waals surface area contributed by atoms with Crippen molar-refractivity contribution >= 4 is 11.6 Å². The van der Waals surface area contributed by atoms with Gasteiger partial charge in [0.15, 0.2) is 0 Å². The molecule has 2 unspecified atom stereocenters. The van der Waals surface area contributed by atoms with E-state index >= 15 is 0 Å². The van der Waals surface area contributed by atoms with Crippen molar-refractivity contribution in [2.24, 2.45) is 5.92 Å². The van der Waals surface area contributed by atoms with Gasteiger partial charge in [0.1, 0.15) is 5.82 Å². The second-order valence-electron chi connectivity index (χ2n) is 5.06. The predicted octanol–water partition coefficient (Wildman–Crippen LogP) is 4.44. The molecule has 0 fully saturated rings. The van der Waals surface area contributed by atoms with E-state index in [4.69, 9.17) is 11.6 Å². The molecule has 0 radical (unpaired) electrons. The highest BCUT2D eigenvalue weighted by atomic mass is 35.5. The van der Waals surface area contributed by atoms with Gasteiger partial charge in [0.2, 0.25) is 0 Å². The van der Waals surface area contributed by atoms with Crippen LogP contribution >= 0.6 is 11.6 Å². The van der Waals surface area contributed by atoms with Crippen LogP contribution in [0.4, 0.5) is 4.39 Å². The van der Waals surface area contributed by atoms with Gasteiger partial charge in [-0.2, -0.15) is 0 Å². The Balaban J connectivity index is 2.62. The summed E-state index contributed by atoms with van der Waals surface area (Å²) in [6, 6.07) is 5.05. The molecule has 18 heavy (non-hydrogen) atoms. The zero-order valence-corrected chi connectivity index (χ0v) is 12.2. The number of benzene rings is 1. The number of hydrogen-bond donors (Lipinski definition) is 1. The standard InChI is InChI=1S/C15H23ClFN/c1-4-5-11(2)8-14(18-3)9-12-6-7-13(17)10-15(12)16/h6-7,10-11,14,18H,4-5,8-9H2,1-3H3. The summed E-state index contributed by atoms with van der Waals surface area (Å²) >= 11 is 6.06. The van der Waals surface area contributed by atoms with Gasteiger partial charge in [0.05, 0.1) is 0 Å². The van der Waals surface area contributed by atoms with Crippen molar-refractivity contribution in [1.82, 2.24) is 5.32 Å². The summed E-state index contributed by atoms with van der Waals surface area (Å²) in [5, 5.41) is 3.86. The summed E-state index contributed by atoms with van der Waals surface area (Å²) in [5.74, 6) is 0.427. The maximum atomic E-state index is 13.0. The molecule has 0 amide bonds. The van der Waals surface area contributed by atoms with E-state index < -0.39 is 0 Å². The van der Waals surface area contributed by atoms with Crippen LogP contribution in [-0.2, 0) is 6.42 Å². The molecule has 0 saturated heterocycles. The molecule has 1 nitrogen and oxygen atoms in total. The highest BCUT2D eigenvalue weighted by Crippen LogP contribution is 2.21. The topological polar surface area (TPSA) is 12.0 Å². The molecule has 1 rings (SSSR count). The number of rotatable bonds is 7. The second-order valence-corrected chi connectivity index (χ2v) is 5.46. The Labute approximate surface area is 115 Å². The van der Waals surface area contributed by atoms with Gasteiger partial charge < -0.3 is 5.32 Å². The second kappa shape index (κ2) is 7.75. The van der Waals surface area contributed by atoms with E-state index in [2.05, 4.69) is 19.2 Å². The molecule has 0 spiro atoms. The lowest BCUT2D eigenvalue weighted by molar-refractivity contribution is 0.397. The Morgan fingerprint density at radius 3 is 2.67 bits per heavy atom. The minimum atomic E-state index is -0.274. The van der Waals surface area contributed by atoms with Gasteiger partial charge in [-0.25, -0.2) is 4.39 Å². The molecule has 102 valence electrons. The molecule has 1 N–H and O–H groups in total. The Kier molecular flexibility index (Phi) is 6.66. The van der Waals surface area contributed by atoms with Gasteiger partial charge in [-0.15, -0.1) is 0 Å². The van der Waals surface area contributed by atoms with E-state index in [0.29, 0.717) is 17.0 Å². The van der Waals surface area contributed by atoms with Crippen LogP contribution in [0.2, 0.25) is 5.02 Å². The summed E-state index contributed by atoms with van der Waals surface area (Å²) in [6.45, 7) is 4.49. The van der Waals surface area contributed by atoms with E-state index in [1.54, 1.807) is 6.07 Å². The fraction of sp³-hybridized carbons (Fsp3) is 0.600. The molecule has 0 aliphatic heterocycles. The van der Waals surface area contributed by atoms with Crippen molar-refractivity contribution in [2.45, 2.75) is 45.6 Å². The van der Waals surface area contributed by atoms with Crippen LogP contribution in [0.5, 0.6) is 0 Å². The Morgan fingerprint density at radius 1 is 1.39 bits per heavy atom. The summed E-state index contributed by atoms with van der Waals surface area (Å²) in [6.07, 6.45) is 4.44. The lowest BCUT2D eigenvalue weighted by Gasteiger charge is -2.21. The highest BCUT2D eigenvalue weighted by molar-refractivity contribution is 6.31. The fourth-order valence-electron chi connectivity index (χ4n) is 2.35. The quantitative estimate of drug-likeness (QED) is 0.773. The molecular formula is C15H23ClFN. The Bertz CT molecular complexity index is 368. The van der Waals surface area contributed by atoms with Crippen LogP contribution in [0.25, 0.3) is 0 Å². The third-order valence-electron chi connectivity index (χ3n) is 3.36. The third kappa shape index (κ3) is 4.95. The summed E-state index contributed by atoms with van der Waals surface area (Å²) < 4.78 is 13.0. The number of nitrogens with one attached hydrogen (secondary N) is 1. The van der Waals surface area contributed by atoms with Crippen LogP contribution in [-0.4, -0.2) is 13.1 Å². The summed E-state index contributed by atoms with van der Waals surface area (Å²) in [5.41, 5.74) is 1.01. The zero-order chi connectivity index (χ0) is 13.5. The lowest BCUT2D eigenvalue weighted by Crippen LogP contribution is -2.29. The van der Waals surface area contributed by atoms with E-state index in [1.165, 1.54) is 25.0 Å². The van der Waals surface area contributed by atoms with Crippen LogP contribution in [0.15, 0.2) is 18.2 Å². The van der Waals surface area contributed by atoms with Crippen LogP contribution < -0.4 is 5.32 Å². The number of halogens is 2. The molecule has 0 heterocycles. The molecule has 1 aromatic rings. The molecule has 0 aliphatic rings. The molecule has 2 atom stereocenters. The lowest BCUT2D eigenvalue weighted by atomic mass is 9.93. The predicted molar refractivity (Wildman–Crippen MR) is 76.7 cm³/mol. The first-order chi connectivity index (χ1) is 8.56. The molecule has 0 saturated carbocycles. The van der Waals surface area contributed by atoms with Crippen LogP contribution in [0.1, 0.15) is 38.7 Å². The van der Waals surface area contributed by atoms with Gasteiger partial charge in [-0.3, -0.25) is 0 Å². The molecule has 1 aromatic carbocycles. The average Bonchev–Trinajstić information content (AvgIpc) is 2.31. The molecule has 3 heteroatoms.